The molecule has 3 fully saturated rings. The van der Waals surface area contributed by atoms with E-state index in [2.05, 4.69) is 4.90 Å². The van der Waals surface area contributed by atoms with Gasteiger partial charge < -0.3 is 4.90 Å². The van der Waals surface area contributed by atoms with Crippen LogP contribution in [0.2, 0.25) is 5.02 Å². The van der Waals surface area contributed by atoms with Crippen molar-refractivity contribution in [1.29, 1.82) is 0 Å². The van der Waals surface area contributed by atoms with Crippen LogP contribution >= 0.6 is 11.6 Å². The van der Waals surface area contributed by atoms with Crippen molar-refractivity contribution in [3.8, 4) is 0 Å². The molecule has 1 amide bonds. The van der Waals surface area contributed by atoms with Crippen LogP contribution in [0.4, 0.5) is 4.39 Å². The van der Waals surface area contributed by atoms with Gasteiger partial charge in [0.15, 0.2) is 0 Å². The molecule has 0 aliphatic carbocycles. The van der Waals surface area contributed by atoms with Gasteiger partial charge in [-0.15, -0.1) is 0 Å². The lowest BCUT2D eigenvalue weighted by Gasteiger charge is -2.36. The van der Waals surface area contributed by atoms with E-state index in [1.54, 1.807) is 13.0 Å². The topological polar surface area (TPSA) is 23.6 Å². The summed E-state index contributed by atoms with van der Waals surface area (Å²) < 4.78 is 13.1. The molecule has 2 bridgehead atoms. The van der Waals surface area contributed by atoms with Crippen molar-refractivity contribution < 1.29 is 9.18 Å². The Labute approximate surface area is 129 Å². The maximum absolute atomic E-state index is 13.1. The first-order valence-electron chi connectivity index (χ1n) is 7.46. The third kappa shape index (κ3) is 3.22. The average Bonchev–Trinajstić information content (AvgIpc) is 2.73. The monoisotopic (exact) mass is 310 g/mol. The molecular formula is C16H20ClFN2O. The fourth-order valence-electron chi connectivity index (χ4n) is 3.50. The van der Waals surface area contributed by atoms with E-state index in [0.29, 0.717) is 17.0 Å². The zero-order valence-corrected chi connectivity index (χ0v) is 12.9. The van der Waals surface area contributed by atoms with Crippen molar-refractivity contribution >= 4 is 17.5 Å². The molecule has 0 unspecified atom stereocenters. The number of fused-ring (bicyclic) bond motifs is 4. The van der Waals surface area contributed by atoms with Crippen LogP contribution in [0, 0.1) is 11.7 Å². The lowest BCUT2D eigenvalue weighted by molar-refractivity contribution is -0.129. The van der Waals surface area contributed by atoms with Crippen LogP contribution < -0.4 is 0 Å². The molecular weight excluding hydrogens is 291 g/mol. The molecule has 4 rings (SSSR count). The van der Waals surface area contributed by atoms with Gasteiger partial charge in [-0.05, 0) is 36.5 Å². The van der Waals surface area contributed by atoms with Crippen LogP contribution in [0.5, 0.6) is 0 Å². The highest BCUT2D eigenvalue weighted by Crippen LogP contribution is 2.30. The summed E-state index contributed by atoms with van der Waals surface area (Å²) in [6, 6.07) is 4.97. The minimum atomic E-state index is -0.302. The van der Waals surface area contributed by atoms with E-state index in [1.807, 2.05) is 4.90 Å². The van der Waals surface area contributed by atoms with Gasteiger partial charge in [0.05, 0.1) is 0 Å². The second-order valence-electron chi connectivity index (χ2n) is 6.19. The Balaban J connectivity index is 1.76. The molecule has 0 spiro atoms. The van der Waals surface area contributed by atoms with Gasteiger partial charge in [-0.2, -0.15) is 0 Å². The molecule has 3 heterocycles. The third-order valence-corrected chi connectivity index (χ3v) is 5.01. The van der Waals surface area contributed by atoms with Crippen LogP contribution in [-0.4, -0.2) is 41.4 Å². The molecule has 5 heteroatoms. The standard InChI is InChI=1S/C16H20ClFN2O/c1-11(21)19-7-12-2-5-15(10-19)20(8-12)9-13-3-4-14(18)6-16(13)17/h3-4,6,12,15H,2,5,7-10H2,1H3/t12-,15+/m0/s1. The van der Waals surface area contributed by atoms with Gasteiger partial charge in [0, 0.05) is 44.2 Å². The molecule has 21 heavy (non-hydrogen) atoms. The summed E-state index contributed by atoms with van der Waals surface area (Å²) in [4.78, 5) is 16.0. The largest absolute Gasteiger partial charge is 0.341 e. The number of nitrogens with zero attached hydrogens (tertiary/aromatic N) is 2. The van der Waals surface area contributed by atoms with E-state index >= 15 is 0 Å². The summed E-state index contributed by atoms with van der Waals surface area (Å²) in [6.07, 6.45) is 2.30. The zero-order valence-electron chi connectivity index (χ0n) is 12.2. The second-order valence-corrected chi connectivity index (χ2v) is 6.59. The van der Waals surface area contributed by atoms with Gasteiger partial charge in [-0.3, -0.25) is 9.69 Å². The number of carbonyl (C=O) groups is 1. The highest BCUT2D eigenvalue weighted by Gasteiger charge is 2.35. The molecule has 3 aliphatic rings. The van der Waals surface area contributed by atoms with Crippen LogP contribution in [0.1, 0.15) is 25.3 Å². The molecule has 2 atom stereocenters. The molecule has 3 nitrogen and oxygen atoms in total. The number of hydrogen-bond donors (Lipinski definition) is 0. The number of hydrogen-bond acceptors (Lipinski definition) is 2. The molecule has 1 aromatic carbocycles. The Morgan fingerprint density at radius 3 is 2.86 bits per heavy atom. The first-order chi connectivity index (χ1) is 10.0. The van der Waals surface area contributed by atoms with Crippen molar-refractivity contribution in [3.63, 3.8) is 0 Å². The maximum Gasteiger partial charge on any atom is 0.219 e. The lowest BCUT2D eigenvalue weighted by Crippen LogP contribution is -2.43. The Hall–Kier alpha value is -1.13. The van der Waals surface area contributed by atoms with Crippen molar-refractivity contribution in [2.45, 2.75) is 32.4 Å². The van der Waals surface area contributed by atoms with Crippen molar-refractivity contribution in [2.24, 2.45) is 5.92 Å². The van der Waals surface area contributed by atoms with E-state index in [9.17, 15) is 9.18 Å². The van der Waals surface area contributed by atoms with Gasteiger partial charge in [0.25, 0.3) is 0 Å². The quantitative estimate of drug-likeness (QED) is 0.838. The SMILES string of the molecule is CC(=O)N1C[C@@H]2CC[C@H](C1)N(Cc1ccc(F)cc1Cl)C2. The predicted molar refractivity (Wildman–Crippen MR) is 80.6 cm³/mol. The molecule has 0 N–H and O–H groups in total. The number of rotatable bonds is 2. The van der Waals surface area contributed by atoms with Gasteiger partial charge in [0.1, 0.15) is 5.82 Å². The highest BCUT2D eigenvalue weighted by atomic mass is 35.5. The molecule has 114 valence electrons. The minimum Gasteiger partial charge on any atom is -0.341 e. The fourth-order valence-corrected chi connectivity index (χ4v) is 3.73. The summed E-state index contributed by atoms with van der Waals surface area (Å²) in [5, 5.41) is 0.485. The normalized spacial score (nSPS) is 26.0. The molecule has 0 radical (unpaired) electrons. The Morgan fingerprint density at radius 2 is 2.14 bits per heavy atom. The number of piperidine rings is 1. The van der Waals surface area contributed by atoms with E-state index in [-0.39, 0.29) is 11.7 Å². The van der Waals surface area contributed by atoms with E-state index in [1.165, 1.54) is 18.6 Å². The van der Waals surface area contributed by atoms with E-state index < -0.39 is 0 Å². The summed E-state index contributed by atoms with van der Waals surface area (Å²) >= 11 is 6.14. The van der Waals surface area contributed by atoms with Gasteiger partial charge in [0.2, 0.25) is 5.91 Å². The van der Waals surface area contributed by atoms with E-state index in [4.69, 9.17) is 11.6 Å². The minimum absolute atomic E-state index is 0.161. The fraction of sp³-hybridized carbons (Fsp3) is 0.562. The number of amides is 1. The number of benzene rings is 1. The van der Waals surface area contributed by atoms with Crippen LogP contribution in [0.3, 0.4) is 0 Å². The van der Waals surface area contributed by atoms with Gasteiger partial charge >= 0.3 is 0 Å². The predicted octanol–water partition coefficient (Wildman–Crippen LogP) is 2.92. The van der Waals surface area contributed by atoms with Crippen molar-refractivity contribution in [2.75, 3.05) is 19.6 Å². The lowest BCUT2D eigenvalue weighted by atomic mass is 9.94. The summed E-state index contributed by atoms with van der Waals surface area (Å²) in [7, 11) is 0. The maximum atomic E-state index is 13.1. The number of carbonyl (C=O) groups excluding carboxylic acids is 1. The summed E-state index contributed by atoms with van der Waals surface area (Å²) in [5.74, 6) is 0.393. The smallest absolute Gasteiger partial charge is 0.219 e. The number of halogens is 2. The van der Waals surface area contributed by atoms with Gasteiger partial charge in [-0.1, -0.05) is 17.7 Å². The van der Waals surface area contributed by atoms with Gasteiger partial charge in [-0.25, -0.2) is 4.39 Å². The molecule has 0 aromatic heterocycles. The first-order valence-corrected chi connectivity index (χ1v) is 7.84. The van der Waals surface area contributed by atoms with Crippen molar-refractivity contribution in [3.05, 3.63) is 34.6 Å². The highest BCUT2D eigenvalue weighted by molar-refractivity contribution is 6.31. The van der Waals surface area contributed by atoms with Crippen molar-refractivity contribution in [1.82, 2.24) is 9.80 Å². The van der Waals surface area contributed by atoms with E-state index in [0.717, 1.165) is 38.2 Å². The van der Waals surface area contributed by atoms with Crippen LogP contribution in [0.25, 0.3) is 0 Å². The average molecular weight is 311 g/mol. The summed E-state index contributed by atoms with van der Waals surface area (Å²) in [5.41, 5.74) is 0.958. The molecule has 3 aliphatic heterocycles. The summed E-state index contributed by atoms with van der Waals surface area (Å²) in [6.45, 7) is 5.02. The Morgan fingerprint density at radius 1 is 1.33 bits per heavy atom. The van der Waals surface area contributed by atoms with Crippen LogP contribution in [0.15, 0.2) is 18.2 Å². The Kier molecular flexibility index (Phi) is 4.18. The second kappa shape index (κ2) is 5.93. The molecule has 1 aromatic rings. The molecule has 0 saturated carbocycles. The molecule has 3 saturated heterocycles. The van der Waals surface area contributed by atoms with Crippen LogP contribution in [-0.2, 0) is 11.3 Å². The third-order valence-electron chi connectivity index (χ3n) is 4.66. The zero-order chi connectivity index (χ0) is 15.0. The Bertz CT molecular complexity index is 551. The first kappa shape index (κ1) is 14.8.